The average molecular weight is 433 g/mol. The summed E-state index contributed by atoms with van der Waals surface area (Å²) in [5.74, 6) is 0.179. The maximum absolute atomic E-state index is 12.8. The van der Waals surface area contributed by atoms with Gasteiger partial charge < -0.3 is 20.5 Å². The summed E-state index contributed by atoms with van der Waals surface area (Å²) in [5, 5.41) is 17.7. The molecule has 0 fully saturated rings. The van der Waals surface area contributed by atoms with E-state index in [-0.39, 0.29) is 34.6 Å². The molecule has 2 aromatic carbocycles. The van der Waals surface area contributed by atoms with Gasteiger partial charge in [-0.15, -0.1) is 0 Å². The molecule has 0 saturated carbocycles. The van der Waals surface area contributed by atoms with Crippen LogP contribution in [0.2, 0.25) is 10.0 Å². The Kier molecular flexibility index (Phi) is 5.72. The van der Waals surface area contributed by atoms with Crippen molar-refractivity contribution in [1.29, 1.82) is 0 Å². The largest absolute Gasteiger partial charge is 0.506 e. The Morgan fingerprint density at radius 2 is 2.14 bits per heavy atom. The monoisotopic (exact) mass is 432 g/mol. The quantitative estimate of drug-likeness (QED) is 0.463. The van der Waals surface area contributed by atoms with E-state index in [1.54, 1.807) is 19.2 Å². The van der Waals surface area contributed by atoms with Crippen molar-refractivity contribution in [3.8, 4) is 5.75 Å². The van der Waals surface area contributed by atoms with Gasteiger partial charge in [0.2, 0.25) is 0 Å². The van der Waals surface area contributed by atoms with Gasteiger partial charge >= 0.3 is 0 Å². The van der Waals surface area contributed by atoms with Crippen LogP contribution >= 0.6 is 23.2 Å². The van der Waals surface area contributed by atoms with Crippen molar-refractivity contribution in [1.82, 2.24) is 5.32 Å². The molecule has 3 atom stereocenters. The van der Waals surface area contributed by atoms with Crippen molar-refractivity contribution in [3.63, 3.8) is 0 Å². The molecule has 1 amide bonds. The number of benzene rings is 2. The maximum Gasteiger partial charge on any atom is 0.253 e. The van der Waals surface area contributed by atoms with E-state index in [1.165, 1.54) is 6.07 Å². The number of phenols is 1. The minimum absolute atomic E-state index is 0.0182. The van der Waals surface area contributed by atoms with Gasteiger partial charge in [-0.25, -0.2) is 0 Å². The van der Waals surface area contributed by atoms with Crippen LogP contribution in [-0.4, -0.2) is 31.3 Å². The van der Waals surface area contributed by atoms with Crippen LogP contribution in [0.5, 0.6) is 5.75 Å². The van der Waals surface area contributed by atoms with E-state index in [4.69, 9.17) is 27.9 Å². The summed E-state index contributed by atoms with van der Waals surface area (Å²) >= 11 is 12.4. The number of fused-ring (bicyclic) bond motifs is 3. The van der Waals surface area contributed by atoms with Gasteiger partial charge in [0.25, 0.3) is 5.91 Å². The molecule has 3 N–H and O–H groups in total. The first kappa shape index (κ1) is 20.1. The van der Waals surface area contributed by atoms with Crippen molar-refractivity contribution in [2.75, 3.05) is 25.6 Å². The molecule has 1 aliphatic heterocycles. The lowest BCUT2D eigenvalue weighted by atomic mass is 9.76. The number of aromatic hydroxyl groups is 1. The fourth-order valence-electron chi connectivity index (χ4n) is 4.30. The van der Waals surface area contributed by atoms with Gasteiger partial charge in [-0.1, -0.05) is 47.5 Å². The fraction of sp³-hybridized carbons (Fsp3) is 0.318. The first-order valence-electron chi connectivity index (χ1n) is 9.52. The molecule has 1 heterocycles. The summed E-state index contributed by atoms with van der Waals surface area (Å²) in [4.78, 5) is 12.8. The highest BCUT2D eigenvalue weighted by atomic mass is 35.5. The van der Waals surface area contributed by atoms with Crippen LogP contribution in [0.15, 0.2) is 42.5 Å². The molecule has 29 heavy (non-hydrogen) atoms. The number of hydrogen-bond acceptors (Lipinski definition) is 4. The van der Waals surface area contributed by atoms with Gasteiger partial charge in [-0.2, -0.15) is 0 Å². The number of halogens is 2. The number of para-hydroxylation sites is 1. The predicted octanol–water partition coefficient (Wildman–Crippen LogP) is 4.90. The van der Waals surface area contributed by atoms with Crippen LogP contribution in [0.3, 0.4) is 0 Å². The lowest BCUT2D eigenvalue weighted by molar-refractivity contribution is 0.0937. The molecule has 4 rings (SSSR count). The van der Waals surface area contributed by atoms with Crippen molar-refractivity contribution in [3.05, 3.63) is 69.2 Å². The van der Waals surface area contributed by atoms with Gasteiger partial charge in [-0.05, 0) is 36.1 Å². The van der Waals surface area contributed by atoms with E-state index in [0.717, 1.165) is 17.7 Å². The third-order valence-corrected chi connectivity index (χ3v) is 6.13. The van der Waals surface area contributed by atoms with Gasteiger partial charge in [0, 0.05) is 30.2 Å². The van der Waals surface area contributed by atoms with E-state index in [1.807, 2.05) is 12.1 Å². The highest BCUT2D eigenvalue weighted by molar-refractivity contribution is 6.35. The number of amides is 1. The van der Waals surface area contributed by atoms with E-state index in [0.29, 0.717) is 29.3 Å². The summed E-state index contributed by atoms with van der Waals surface area (Å²) in [6, 6.07) is 8.78. The zero-order valence-corrected chi connectivity index (χ0v) is 17.4. The number of nitrogens with one attached hydrogen (secondary N) is 2. The molecule has 0 bridgehead atoms. The second-order valence-electron chi connectivity index (χ2n) is 7.32. The molecule has 152 valence electrons. The Bertz CT molecular complexity index is 977. The number of carbonyl (C=O) groups is 1. The summed E-state index contributed by atoms with van der Waals surface area (Å²) < 4.78 is 5.02. The molecule has 2 aromatic rings. The van der Waals surface area contributed by atoms with Crippen LogP contribution in [0.4, 0.5) is 5.69 Å². The number of allylic oxidation sites excluding steroid dienone is 2. The first-order chi connectivity index (χ1) is 14.0. The highest BCUT2D eigenvalue weighted by Gasteiger charge is 2.40. The molecule has 0 aromatic heterocycles. The molecule has 0 radical (unpaired) electrons. The highest BCUT2D eigenvalue weighted by Crippen LogP contribution is 2.52. The number of anilines is 1. The van der Waals surface area contributed by atoms with Gasteiger partial charge in [0.05, 0.1) is 28.9 Å². The van der Waals surface area contributed by atoms with Crippen LogP contribution in [0, 0.1) is 5.92 Å². The van der Waals surface area contributed by atoms with Gasteiger partial charge in [0.1, 0.15) is 5.75 Å². The van der Waals surface area contributed by atoms with E-state index >= 15 is 0 Å². The van der Waals surface area contributed by atoms with E-state index in [9.17, 15) is 9.90 Å². The molecule has 0 saturated heterocycles. The Morgan fingerprint density at radius 1 is 1.31 bits per heavy atom. The summed E-state index contributed by atoms with van der Waals surface area (Å²) in [5.41, 5.74) is 3.05. The minimum atomic E-state index is -0.230. The van der Waals surface area contributed by atoms with Crippen molar-refractivity contribution in [2.45, 2.75) is 18.4 Å². The zero-order valence-electron chi connectivity index (χ0n) is 15.9. The molecule has 0 spiro atoms. The van der Waals surface area contributed by atoms with Crippen LogP contribution < -0.4 is 10.6 Å². The summed E-state index contributed by atoms with van der Waals surface area (Å²) in [7, 11) is 1.60. The number of ether oxygens (including phenoxy) is 1. The summed E-state index contributed by atoms with van der Waals surface area (Å²) in [6.45, 7) is 0.873. The second kappa shape index (κ2) is 8.27. The normalized spacial score (nSPS) is 22.0. The third kappa shape index (κ3) is 3.70. The van der Waals surface area contributed by atoms with E-state index < -0.39 is 0 Å². The average Bonchev–Trinajstić information content (AvgIpc) is 3.20. The third-order valence-electron chi connectivity index (χ3n) is 5.63. The number of phenolic OH excluding ortho intramolecular Hbond substituents is 1. The zero-order chi connectivity index (χ0) is 20.5. The maximum atomic E-state index is 12.8. The Hall–Kier alpha value is -2.21. The Morgan fingerprint density at radius 3 is 2.93 bits per heavy atom. The number of hydrogen-bond donors (Lipinski definition) is 3. The number of rotatable bonds is 5. The van der Waals surface area contributed by atoms with Gasteiger partial charge in [-0.3, -0.25) is 4.79 Å². The van der Waals surface area contributed by atoms with Crippen LogP contribution in [0.25, 0.3) is 0 Å². The summed E-state index contributed by atoms with van der Waals surface area (Å²) in [6.07, 6.45) is 5.18. The lowest BCUT2D eigenvalue weighted by Gasteiger charge is -2.38. The standard InChI is InChI=1S/C22H22Cl2N2O3/c1-29-9-8-25-22(28)16-7-3-6-14-13-4-2-5-15(13)20(26-19(14)16)17-10-12(23)11-18(24)21(17)27/h2-4,6-7,10-11,13,15,20,26-27H,5,8-9H2,1H3,(H,25,28). The SMILES string of the molecule is COCCNC(=O)c1cccc2c1NC(c1cc(Cl)cc(Cl)c1O)C1CC=CC21. The lowest BCUT2D eigenvalue weighted by Crippen LogP contribution is -2.33. The molecule has 2 aliphatic rings. The Labute approximate surface area is 179 Å². The number of carbonyl (C=O) groups excluding carboxylic acids is 1. The molecular weight excluding hydrogens is 411 g/mol. The number of methoxy groups -OCH3 is 1. The van der Waals surface area contributed by atoms with Crippen molar-refractivity contribution >= 4 is 34.8 Å². The fourth-order valence-corrected chi connectivity index (χ4v) is 4.81. The topological polar surface area (TPSA) is 70.6 Å². The van der Waals surface area contributed by atoms with Crippen molar-refractivity contribution < 1.29 is 14.6 Å². The molecule has 3 unspecified atom stereocenters. The minimum Gasteiger partial charge on any atom is -0.506 e. The van der Waals surface area contributed by atoms with E-state index in [2.05, 4.69) is 22.8 Å². The van der Waals surface area contributed by atoms with Gasteiger partial charge in [0.15, 0.2) is 0 Å². The Balaban J connectivity index is 1.76. The second-order valence-corrected chi connectivity index (χ2v) is 8.16. The molecule has 5 nitrogen and oxygen atoms in total. The first-order valence-corrected chi connectivity index (χ1v) is 10.3. The molecule has 1 aliphatic carbocycles. The molecular formula is C22H22Cl2N2O3. The predicted molar refractivity (Wildman–Crippen MR) is 115 cm³/mol. The van der Waals surface area contributed by atoms with Crippen LogP contribution in [0.1, 0.15) is 39.9 Å². The van der Waals surface area contributed by atoms with Crippen molar-refractivity contribution in [2.24, 2.45) is 5.92 Å². The smallest absolute Gasteiger partial charge is 0.253 e. The van der Waals surface area contributed by atoms with Crippen LogP contribution in [-0.2, 0) is 4.74 Å². The molecule has 7 heteroatoms.